The molecule has 0 aliphatic rings. The van der Waals surface area contributed by atoms with Gasteiger partial charge in [0.15, 0.2) is 0 Å². The summed E-state index contributed by atoms with van der Waals surface area (Å²) in [6, 6.07) is 3.49. The SMILES string of the molecule is CCOC(=O)c1cc2cc(C(=O)OCC)sc2s1. The Bertz CT molecular complexity index is 503. The van der Waals surface area contributed by atoms with Crippen LogP contribution in [-0.2, 0) is 9.47 Å². The molecule has 0 aliphatic carbocycles. The van der Waals surface area contributed by atoms with Crippen LogP contribution >= 0.6 is 22.7 Å². The lowest BCUT2D eigenvalue weighted by molar-refractivity contribution is 0.0523. The molecule has 0 aliphatic heterocycles. The van der Waals surface area contributed by atoms with Gasteiger partial charge in [-0.3, -0.25) is 0 Å². The third-order valence-corrected chi connectivity index (χ3v) is 4.52. The van der Waals surface area contributed by atoms with Crippen molar-refractivity contribution in [3.8, 4) is 0 Å². The Morgan fingerprint density at radius 2 is 1.44 bits per heavy atom. The van der Waals surface area contributed by atoms with Gasteiger partial charge in [-0.25, -0.2) is 9.59 Å². The van der Waals surface area contributed by atoms with Gasteiger partial charge in [0.05, 0.1) is 17.2 Å². The summed E-state index contributed by atoms with van der Waals surface area (Å²) >= 11 is 2.68. The van der Waals surface area contributed by atoms with Gasteiger partial charge in [0.1, 0.15) is 9.75 Å². The van der Waals surface area contributed by atoms with Gasteiger partial charge in [-0.15, -0.1) is 22.7 Å². The van der Waals surface area contributed by atoms with Crippen molar-refractivity contribution in [2.45, 2.75) is 13.8 Å². The lowest BCUT2D eigenvalue weighted by Crippen LogP contribution is -2.02. The third kappa shape index (κ3) is 2.54. The highest BCUT2D eigenvalue weighted by Crippen LogP contribution is 2.34. The summed E-state index contributed by atoms with van der Waals surface area (Å²) in [4.78, 5) is 24.2. The molecule has 2 heterocycles. The summed E-state index contributed by atoms with van der Waals surface area (Å²) in [6.07, 6.45) is 0. The van der Waals surface area contributed by atoms with Crippen LogP contribution in [0, 0.1) is 0 Å². The molecule has 0 unspecified atom stereocenters. The number of thiophene rings is 2. The van der Waals surface area contributed by atoms with E-state index in [1.165, 1.54) is 22.7 Å². The molecule has 2 aromatic heterocycles. The lowest BCUT2D eigenvalue weighted by Gasteiger charge is -1.97. The van der Waals surface area contributed by atoms with Crippen molar-refractivity contribution in [2.75, 3.05) is 13.2 Å². The van der Waals surface area contributed by atoms with E-state index < -0.39 is 0 Å². The second-order valence-electron chi connectivity index (χ2n) is 3.41. The van der Waals surface area contributed by atoms with Crippen LogP contribution in [0.2, 0.25) is 0 Å². The highest BCUT2D eigenvalue weighted by atomic mass is 32.2. The van der Waals surface area contributed by atoms with Crippen LogP contribution in [0.3, 0.4) is 0 Å². The van der Waals surface area contributed by atoms with Gasteiger partial charge in [0, 0.05) is 5.39 Å². The van der Waals surface area contributed by atoms with Crippen molar-refractivity contribution >= 4 is 44.0 Å². The van der Waals surface area contributed by atoms with E-state index in [2.05, 4.69) is 0 Å². The van der Waals surface area contributed by atoms with E-state index in [1.807, 2.05) is 0 Å². The molecule has 0 bridgehead atoms. The predicted molar refractivity (Wildman–Crippen MR) is 71.6 cm³/mol. The summed E-state index contributed by atoms with van der Waals surface area (Å²) < 4.78 is 10.8. The zero-order valence-electron chi connectivity index (χ0n) is 10.0. The first-order valence-electron chi connectivity index (χ1n) is 5.53. The fourth-order valence-electron chi connectivity index (χ4n) is 1.44. The topological polar surface area (TPSA) is 52.6 Å². The van der Waals surface area contributed by atoms with Crippen molar-refractivity contribution in [3.63, 3.8) is 0 Å². The highest BCUT2D eigenvalue weighted by Gasteiger charge is 2.16. The van der Waals surface area contributed by atoms with Crippen LogP contribution in [0.25, 0.3) is 9.40 Å². The maximum atomic E-state index is 11.5. The van der Waals surface area contributed by atoms with Crippen LogP contribution in [0.15, 0.2) is 12.1 Å². The minimum absolute atomic E-state index is 0.316. The minimum Gasteiger partial charge on any atom is -0.462 e. The van der Waals surface area contributed by atoms with E-state index in [-0.39, 0.29) is 11.9 Å². The maximum Gasteiger partial charge on any atom is 0.348 e. The molecule has 0 saturated carbocycles. The first kappa shape index (κ1) is 13.0. The van der Waals surface area contributed by atoms with E-state index >= 15 is 0 Å². The summed E-state index contributed by atoms with van der Waals surface area (Å²) in [6.45, 7) is 4.26. The molecule has 6 heteroatoms. The van der Waals surface area contributed by atoms with Crippen molar-refractivity contribution in [3.05, 3.63) is 21.9 Å². The molecule has 4 nitrogen and oxygen atoms in total. The van der Waals surface area contributed by atoms with Crippen LogP contribution in [-0.4, -0.2) is 25.2 Å². The number of carbonyl (C=O) groups excluding carboxylic acids is 2. The van der Waals surface area contributed by atoms with Crippen LogP contribution in [0.4, 0.5) is 0 Å². The zero-order valence-corrected chi connectivity index (χ0v) is 11.7. The molecule has 0 N–H and O–H groups in total. The predicted octanol–water partition coefficient (Wildman–Crippen LogP) is 3.32. The van der Waals surface area contributed by atoms with Gasteiger partial charge >= 0.3 is 11.9 Å². The number of hydrogen-bond acceptors (Lipinski definition) is 6. The smallest absolute Gasteiger partial charge is 0.348 e. The van der Waals surface area contributed by atoms with Gasteiger partial charge in [0.2, 0.25) is 0 Å². The maximum absolute atomic E-state index is 11.5. The molecule has 2 aromatic rings. The molecule has 0 aromatic carbocycles. The molecule has 0 radical (unpaired) electrons. The highest BCUT2D eigenvalue weighted by molar-refractivity contribution is 7.39. The summed E-state index contributed by atoms with van der Waals surface area (Å²) in [5.41, 5.74) is 0. The van der Waals surface area contributed by atoms with Gasteiger partial charge < -0.3 is 9.47 Å². The second-order valence-corrected chi connectivity index (χ2v) is 5.77. The largest absolute Gasteiger partial charge is 0.462 e. The molecule has 0 spiro atoms. The van der Waals surface area contributed by atoms with Crippen LogP contribution in [0.1, 0.15) is 33.2 Å². The quantitative estimate of drug-likeness (QED) is 0.808. The summed E-state index contributed by atoms with van der Waals surface area (Å²) in [7, 11) is 0. The number of ether oxygens (including phenoxy) is 2. The monoisotopic (exact) mass is 284 g/mol. The first-order valence-corrected chi connectivity index (χ1v) is 7.16. The molecular formula is C12H12O4S2. The fraction of sp³-hybridized carbons (Fsp3) is 0.333. The van der Waals surface area contributed by atoms with Crippen molar-refractivity contribution in [2.24, 2.45) is 0 Å². The average molecular weight is 284 g/mol. The second kappa shape index (κ2) is 5.49. The molecular weight excluding hydrogens is 272 g/mol. The fourth-order valence-corrected chi connectivity index (χ4v) is 3.68. The van der Waals surface area contributed by atoms with E-state index in [4.69, 9.17) is 9.47 Å². The molecule has 0 fully saturated rings. The molecule has 2 rings (SSSR count). The van der Waals surface area contributed by atoms with E-state index in [0.29, 0.717) is 23.0 Å². The van der Waals surface area contributed by atoms with Crippen molar-refractivity contribution < 1.29 is 19.1 Å². The Balaban J connectivity index is 2.25. The van der Waals surface area contributed by atoms with Gasteiger partial charge in [-0.2, -0.15) is 0 Å². The molecule has 0 atom stereocenters. The van der Waals surface area contributed by atoms with Crippen LogP contribution in [0.5, 0.6) is 0 Å². The summed E-state index contributed by atoms with van der Waals surface area (Å²) in [5.74, 6) is -0.632. The zero-order chi connectivity index (χ0) is 13.1. The normalized spacial score (nSPS) is 10.6. The molecule has 0 amide bonds. The average Bonchev–Trinajstić information content (AvgIpc) is 2.86. The Hall–Kier alpha value is -1.40. The lowest BCUT2D eigenvalue weighted by atomic mass is 10.3. The Morgan fingerprint density at radius 3 is 1.78 bits per heavy atom. The van der Waals surface area contributed by atoms with Gasteiger partial charge in [-0.05, 0) is 26.0 Å². The van der Waals surface area contributed by atoms with E-state index in [9.17, 15) is 9.59 Å². The Morgan fingerprint density at radius 1 is 1.00 bits per heavy atom. The third-order valence-electron chi connectivity index (χ3n) is 2.17. The van der Waals surface area contributed by atoms with Crippen molar-refractivity contribution in [1.29, 1.82) is 0 Å². The van der Waals surface area contributed by atoms with Gasteiger partial charge in [0.25, 0.3) is 0 Å². The number of hydrogen-bond donors (Lipinski definition) is 0. The molecule has 0 saturated heterocycles. The standard InChI is InChI=1S/C12H12O4S2/c1-3-15-10(13)8-5-7-6-9(11(14)16-4-2)18-12(7)17-8/h5-6H,3-4H2,1-2H3. The first-order chi connectivity index (χ1) is 8.65. The molecule has 96 valence electrons. The number of fused-ring (bicyclic) bond motifs is 1. The number of esters is 2. The van der Waals surface area contributed by atoms with E-state index in [0.717, 1.165) is 9.40 Å². The Labute approximate surface area is 112 Å². The van der Waals surface area contributed by atoms with Crippen LogP contribution < -0.4 is 0 Å². The van der Waals surface area contributed by atoms with Crippen molar-refractivity contribution in [1.82, 2.24) is 0 Å². The number of carbonyl (C=O) groups is 2. The van der Waals surface area contributed by atoms with E-state index in [1.54, 1.807) is 26.0 Å². The molecule has 18 heavy (non-hydrogen) atoms. The number of rotatable bonds is 4. The summed E-state index contributed by atoms with van der Waals surface area (Å²) in [5, 5.41) is 0.885. The minimum atomic E-state index is -0.316. The van der Waals surface area contributed by atoms with Gasteiger partial charge in [-0.1, -0.05) is 0 Å². The Kier molecular flexibility index (Phi) is 3.98.